The second-order valence-electron chi connectivity index (χ2n) is 4.09. The largest absolute Gasteiger partial charge is 0.465 e. The lowest BCUT2D eigenvalue weighted by Crippen LogP contribution is -2.35. The van der Waals surface area contributed by atoms with Crippen molar-refractivity contribution in [2.24, 2.45) is 0 Å². The summed E-state index contributed by atoms with van der Waals surface area (Å²) in [7, 11) is 0. The number of hydrogen-bond donors (Lipinski definition) is 0. The summed E-state index contributed by atoms with van der Waals surface area (Å²) in [5, 5.41) is 0. The van der Waals surface area contributed by atoms with E-state index in [1.165, 1.54) is 15.9 Å². The highest BCUT2D eigenvalue weighted by atomic mass is 32.1. The monoisotopic (exact) mass is 293 g/mol. The molecular formula is C15H19NO3S. The van der Waals surface area contributed by atoms with E-state index in [9.17, 15) is 9.59 Å². The molecule has 0 unspecified atom stereocenters. The summed E-state index contributed by atoms with van der Waals surface area (Å²) in [6, 6.07) is 3.95. The minimum atomic E-state index is -0.414. The van der Waals surface area contributed by atoms with Gasteiger partial charge in [-0.3, -0.25) is 9.59 Å². The van der Waals surface area contributed by atoms with E-state index in [1.54, 1.807) is 30.4 Å². The number of ether oxygens (including phenoxy) is 1. The van der Waals surface area contributed by atoms with Gasteiger partial charge in [0.25, 0.3) is 0 Å². The molecule has 1 aromatic heterocycles. The Hall–Kier alpha value is -1.88. The van der Waals surface area contributed by atoms with Gasteiger partial charge in [0.1, 0.15) is 6.54 Å². The normalized spacial score (nSPS) is 10.5. The van der Waals surface area contributed by atoms with E-state index in [0.717, 1.165) is 4.88 Å². The highest BCUT2D eigenvalue weighted by Gasteiger charge is 2.14. The molecular weight excluding hydrogens is 274 g/mol. The average Bonchev–Trinajstić information content (AvgIpc) is 2.81. The van der Waals surface area contributed by atoms with Gasteiger partial charge in [-0.25, -0.2) is 0 Å². The number of hydrogen-bond acceptors (Lipinski definition) is 4. The minimum absolute atomic E-state index is 0.0630. The summed E-state index contributed by atoms with van der Waals surface area (Å²) in [5.41, 5.74) is 0. The van der Waals surface area contributed by atoms with Crippen molar-refractivity contribution in [2.75, 3.05) is 19.7 Å². The molecule has 0 aromatic carbocycles. The maximum atomic E-state index is 12.0. The number of nitrogens with zero attached hydrogens (tertiary/aromatic N) is 1. The summed E-state index contributed by atoms with van der Waals surface area (Å²) in [4.78, 5) is 27.1. The summed E-state index contributed by atoms with van der Waals surface area (Å²) in [6.07, 6.45) is 4.80. The number of carbonyl (C=O) groups excluding carboxylic acids is 2. The van der Waals surface area contributed by atoms with Crippen molar-refractivity contribution in [1.82, 2.24) is 4.90 Å². The molecule has 1 heterocycles. The highest BCUT2D eigenvalue weighted by molar-refractivity contribution is 7.12. The van der Waals surface area contributed by atoms with Crippen LogP contribution < -0.4 is 0 Å². The van der Waals surface area contributed by atoms with Crippen LogP contribution in [-0.2, 0) is 14.3 Å². The third kappa shape index (κ3) is 5.40. The van der Waals surface area contributed by atoms with Gasteiger partial charge >= 0.3 is 5.97 Å². The van der Waals surface area contributed by atoms with Crippen LogP contribution in [0, 0.1) is 6.92 Å². The first-order chi connectivity index (χ1) is 9.56. The van der Waals surface area contributed by atoms with Crippen molar-refractivity contribution in [2.45, 2.75) is 13.8 Å². The fraction of sp³-hybridized carbons (Fsp3) is 0.333. The smallest absolute Gasteiger partial charge is 0.325 e. The summed E-state index contributed by atoms with van der Waals surface area (Å²) in [6.45, 7) is 7.88. The Morgan fingerprint density at radius 2 is 2.20 bits per heavy atom. The van der Waals surface area contributed by atoms with Crippen LogP contribution in [0.3, 0.4) is 0 Å². The van der Waals surface area contributed by atoms with Gasteiger partial charge in [0, 0.05) is 22.4 Å². The van der Waals surface area contributed by atoms with E-state index in [2.05, 4.69) is 6.58 Å². The van der Waals surface area contributed by atoms with Crippen molar-refractivity contribution in [3.63, 3.8) is 0 Å². The first-order valence-corrected chi connectivity index (χ1v) is 7.18. The molecule has 0 atom stereocenters. The Bertz CT molecular complexity index is 505. The SMILES string of the molecule is C=CCN(CC(=O)OCC)C(=O)/C=C/c1ccc(C)s1. The molecule has 0 aliphatic carbocycles. The number of aryl methyl sites for hydroxylation is 1. The quantitative estimate of drug-likeness (QED) is 0.441. The Morgan fingerprint density at radius 3 is 2.75 bits per heavy atom. The van der Waals surface area contributed by atoms with Gasteiger partial charge in [-0.15, -0.1) is 17.9 Å². The lowest BCUT2D eigenvalue weighted by molar-refractivity contribution is -0.147. The third-order valence-corrected chi connectivity index (χ3v) is 3.40. The zero-order chi connectivity index (χ0) is 15.0. The zero-order valence-electron chi connectivity index (χ0n) is 11.8. The molecule has 1 aromatic rings. The van der Waals surface area contributed by atoms with Crippen LogP contribution in [0.25, 0.3) is 6.08 Å². The molecule has 0 bridgehead atoms. The van der Waals surface area contributed by atoms with Crippen molar-refractivity contribution in [3.8, 4) is 0 Å². The average molecular weight is 293 g/mol. The molecule has 0 saturated heterocycles. The predicted molar refractivity (Wildman–Crippen MR) is 81.5 cm³/mol. The predicted octanol–water partition coefficient (Wildman–Crippen LogP) is 2.65. The summed E-state index contributed by atoms with van der Waals surface area (Å²) < 4.78 is 4.85. The molecule has 1 amide bonds. The third-order valence-electron chi connectivity index (χ3n) is 2.44. The van der Waals surface area contributed by atoms with Crippen LogP contribution in [0.5, 0.6) is 0 Å². The van der Waals surface area contributed by atoms with Gasteiger partial charge < -0.3 is 9.64 Å². The molecule has 5 heteroatoms. The Labute approximate surface area is 123 Å². The van der Waals surface area contributed by atoms with Gasteiger partial charge in [0.15, 0.2) is 0 Å². The van der Waals surface area contributed by atoms with Crippen LogP contribution >= 0.6 is 11.3 Å². The molecule has 0 aliphatic rings. The molecule has 20 heavy (non-hydrogen) atoms. The maximum Gasteiger partial charge on any atom is 0.325 e. The van der Waals surface area contributed by atoms with Gasteiger partial charge in [0.2, 0.25) is 5.91 Å². The van der Waals surface area contributed by atoms with Crippen molar-refractivity contribution >= 4 is 29.3 Å². The van der Waals surface area contributed by atoms with Crippen LogP contribution in [0.4, 0.5) is 0 Å². The Balaban J connectivity index is 2.65. The molecule has 1 rings (SSSR count). The van der Waals surface area contributed by atoms with E-state index >= 15 is 0 Å². The van der Waals surface area contributed by atoms with E-state index in [1.807, 2.05) is 19.1 Å². The van der Waals surface area contributed by atoms with Crippen LogP contribution in [-0.4, -0.2) is 36.5 Å². The van der Waals surface area contributed by atoms with E-state index in [0.29, 0.717) is 13.2 Å². The van der Waals surface area contributed by atoms with Crippen LogP contribution in [0.15, 0.2) is 30.9 Å². The van der Waals surface area contributed by atoms with Crippen molar-refractivity contribution in [1.29, 1.82) is 0 Å². The highest BCUT2D eigenvalue weighted by Crippen LogP contribution is 2.16. The first kappa shape index (κ1) is 16.2. The second kappa shape index (κ2) is 8.32. The summed E-state index contributed by atoms with van der Waals surface area (Å²) >= 11 is 1.61. The van der Waals surface area contributed by atoms with Crippen LogP contribution in [0.1, 0.15) is 16.7 Å². The molecule has 4 nitrogen and oxygen atoms in total. The van der Waals surface area contributed by atoms with Crippen molar-refractivity contribution in [3.05, 3.63) is 40.6 Å². The molecule has 0 spiro atoms. The number of rotatable bonds is 7. The van der Waals surface area contributed by atoms with Crippen molar-refractivity contribution < 1.29 is 14.3 Å². The fourth-order valence-electron chi connectivity index (χ4n) is 1.55. The molecule has 0 fully saturated rings. The lowest BCUT2D eigenvalue weighted by Gasteiger charge is -2.17. The standard InChI is InChI=1S/C15H19NO3S/c1-4-10-16(11-15(18)19-5-2)14(17)9-8-13-7-6-12(3)20-13/h4,6-9H,1,5,10-11H2,2-3H3/b9-8+. The maximum absolute atomic E-state index is 12.0. The number of amides is 1. The minimum Gasteiger partial charge on any atom is -0.465 e. The lowest BCUT2D eigenvalue weighted by atomic mass is 10.3. The second-order valence-corrected chi connectivity index (χ2v) is 5.41. The fourth-order valence-corrected chi connectivity index (χ4v) is 2.33. The molecule has 0 radical (unpaired) electrons. The topological polar surface area (TPSA) is 46.6 Å². The van der Waals surface area contributed by atoms with E-state index in [4.69, 9.17) is 4.74 Å². The number of carbonyl (C=O) groups is 2. The number of esters is 1. The van der Waals surface area contributed by atoms with Gasteiger partial charge in [-0.05, 0) is 32.1 Å². The van der Waals surface area contributed by atoms with Gasteiger partial charge in [-0.2, -0.15) is 0 Å². The number of thiophene rings is 1. The Morgan fingerprint density at radius 1 is 1.45 bits per heavy atom. The first-order valence-electron chi connectivity index (χ1n) is 6.36. The Kier molecular flexibility index (Phi) is 6.73. The van der Waals surface area contributed by atoms with Crippen LogP contribution in [0.2, 0.25) is 0 Å². The molecule has 108 valence electrons. The molecule has 0 N–H and O–H groups in total. The van der Waals surface area contributed by atoms with Gasteiger partial charge in [0.05, 0.1) is 6.61 Å². The molecule has 0 aliphatic heterocycles. The van der Waals surface area contributed by atoms with Gasteiger partial charge in [-0.1, -0.05) is 6.08 Å². The summed E-state index contributed by atoms with van der Waals surface area (Å²) in [5.74, 6) is -0.646. The van der Waals surface area contributed by atoms with E-state index < -0.39 is 5.97 Å². The zero-order valence-corrected chi connectivity index (χ0v) is 12.6. The van der Waals surface area contributed by atoms with E-state index in [-0.39, 0.29) is 12.5 Å². The molecule has 0 saturated carbocycles.